The van der Waals surface area contributed by atoms with Crippen molar-refractivity contribution in [2.24, 2.45) is 5.92 Å². The van der Waals surface area contributed by atoms with Crippen LogP contribution in [0.5, 0.6) is 0 Å². The molecule has 0 spiro atoms. The molecular weight excluding hydrogens is 268 g/mol. The van der Waals surface area contributed by atoms with Crippen molar-refractivity contribution < 1.29 is 19.1 Å². The second-order valence-electron chi connectivity index (χ2n) is 4.98. The summed E-state index contributed by atoms with van der Waals surface area (Å²) in [6.07, 6.45) is 1.68. The summed E-state index contributed by atoms with van der Waals surface area (Å²) in [5.74, 6) is -0.736. The maximum Gasteiger partial charge on any atom is 0.334 e. The second-order valence-corrected chi connectivity index (χ2v) is 4.98. The highest BCUT2D eigenvalue weighted by molar-refractivity contribution is 5.93. The van der Waals surface area contributed by atoms with Gasteiger partial charge in [0.1, 0.15) is 6.61 Å². The molecule has 1 rings (SSSR count). The summed E-state index contributed by atoms with van der Waals surface area (Å²) in [6, 6.07) is 9.42. The van der Waals surface area contributed by atoms with E-state index in [0.29, 0.717) is 12.2 Å². The Morgan fingerprint density at radius 2 is 1.81 bits per heavy atom. The Balaban J connectivity index is 2.65. The summed E-state index contributed by atoms with van der Waals surface area (Å²) in [7, 11) is 0. The molecule has 0 aliphatic rings. The van der Waals surface area contributed by atoms with Crippen molar-refractivity contribution in [1.29, 1.82) is 0 Å². The van der Waals surface area contributed by atoms with Crippen molar-refractivity contribution in [2.75, 3.05) is 6.61 Å². The standard InChI is InChI=1S/C17H22O4/c1-4-20-16(18)11-15(10-13(2)3)17(19)21-12-14-8-6-5-7-9-14/h5-10,13H,4,11-12H2,1-3H3. The van der Waals surface area contributed by atoms with E-state index in [1.54, 1.807) is 13.0 Å². The number of allylic oxidation sites excluding steroid dienone is 1. The van der Waals surface area contributed by atoms with Crippen LogP contribution in [-0.4, -0.2) is 18.5 Å². The molecular formula is C17H22O4. The van der Waals surface area contributed by atoms with Crippen LogP contribution >= 0.6 is 0 Å². The SMILES string of the molecule is CCOC(=O)CC(=CC(C)C)C(=O)OCc1ccccc1. The van der Waals surface area contributed by atoms with Gasteiger partial charge in [-0.25, -0.2) is 4.79 Å². The molecule has 0 bridgehead atoms. The van der Waals surface area contributed by atoms with E-state index in [9.17, 15) is 9.59 Å². The summed E-state index contributed by atoms with van der Waals surface area (Å²) < 4.78 is 10.1. The van der Waals surface area contributed by atoms with Gasteiger partial charge in [-0.15, -0.1) is 0 Å². The number of carbonyl (C=O) groups is 2. The molecule has 114 valence electrons. The van der Waals surface area contributed by atoms with Gasteiger partial charge in [-0.2, -0.15) is 0 Å². The lowest BCUT2D eigenvalue weighted by atomic mass is 10.1. The molecule has 1 aromatic carbocycles. The van der Waals surface area contributed by atoms with E-state index < -0.39 is 11.9 Å². The smallest absolute Gasteiger partial charge is 0.334 e. The van der Waals surface area contributed by atoms with Gasteiger partial charge in [0.2, 0.25) is 0 Å². The van der Waals surface area contributed by atoms with Crippen molar-refractivity contribution in [3.8, 4) is 0 Å². The number of carbonyl (C=O) groups excluding carboxylic acids is 2. The largest absolute Gasteiger partial charge is 0.466 e. The Labute approximate surface area is 125 Å². The molecule has 0 N–H and O–H groups in total. The van der Waals surface area contributed by atoms with Gasteiger partial charge in [-0.3, -0.25) is 4.79 Å². The van der Waals surface area contributed by atoms with Crippen molar-refractivity contribution in [2.45, 2.75) is 33.8 Å². The van der Waals surface area contributed by atoms with Gasteiger partial charge in [0.15, 0.2) is 0 Å². The zero-order valence-electron chi connectivity index (χ0n) is 12.8. The average molecular weight is 290 g/mol. The van der Waals surface area contributed by atoms with Gasteiger partial charge >= 0.3 is 11.9 Å². The minimum absolute atomic E-state index is 0.0559. The van der Waals surface area contributed by atoms with E-state index in [0.717, 1.165) is 5.56 Å². The van der Waals surface area contributed by atoms with Crippen molar-refractivity contribution >= 4 is 11.9 Å². The zero-order chi connectivity index (χ0) is 15.7. The average Bonchev–Trinajstić information content (AvgIpc) is 2.45. The van der Waals surface area contributed by atoms with Crippen LogP contribution in [-0.2, 0) is 25.7 Å². The fourth-order valence-electron chi connectivity index (χ4n) is 1.78. The Hall–Kier alpha value is -2.10. The number of esters is 2. The number of rotatable bonds is 7. The normalized spacial score (nSPS) is 11.3. The van der Waals surface area contributed by atoms with E-state index in [-0.39, 0.29) is 18.9 Å². The topological polar surface area (TPSA) is 52.6 Å². The van der Waals surface area contributed by atoms with Crippen LogP contribution in [0.25, 0.3) is 0 Å². The van der Waals surface area contributed by atoms with Crippen molar-refractivity contribution in [1.82, 2.24) is 0 Å². The van der Waals surface area contributed by atoms with Crippen molar-refractivity contribution in [3.05, 3.63) is 47.5 Å². The lowest BCUT2D eigenvalue weighted by Gasteiger charge is -2.09. The molecule has 0 unspecified atom stereocenters. The number of hydrogen-bond acceptors (Lipinski definition) is 4. The van der Waals surface area contributed by atoms with Crippen molar-refractivity contribution in [3.63, 3.8) is 0 Å². The van der Waals surface area contributed by atoms with Gasteiger partial charge in [0, 0.05) is 5.57 Å². The fraction of sp³-hybridized carbons (Fsp3) is 0.412. The zero-order valence-corrected chi connectivity index (χ0v) is 12.8. The molecule has 0 saturated heterocycles. The van der Waals surface area contributed by atoms with Gasteiger partial charge in [0.05, 0.1) is 13.0 Å². The van der Waals surface area contributed by atoms with Gasteiger partial charge < -0.3 is 9.47 Å². The Morgan fingerprint density at radius 3 is 2.38 bits per heavy atom. The van der Waals surface area contributed by atoms with Crippen LogP contribution in [0.1, 0.15) is 32.8 Å². The monoisotopic (exact) mass is 290 g/mol. The highest BCUT2D eigenvalue weighted by Gasteiger charge is 2.16. The molecule has 0 heterocycles. The summed E-state index contributed by atoms with van der Waals surface area (Å²) in [5, 5.41) is 0. The molecule has 0 aliphatic heterocycles. The molecule has 0 atom stereocenters. The summed E-state index contributed by atoms with van der Waals surface area (Å²) in [5.41, 5.74) is 1.25. The van der Waals surface area contributed by atoms with Crippen LogP contribution in [0.4, 0.5) is 0 Å². The number of ether oxygens (including phenoxy) is 2. The lowest BCUT2D eigenvalue weighted by molar-refractivity contribution is -0.146. The number of hydrogen-bond donors (Lipinski definition) is 0. The minimum Gasteiger partial charge on any atom is -0.466 e. The van der Waals surface area contributed by atoms with Crippen LogP contribution in [0.3, 0.4) is 0 Å². The third-order valence-electron chi connectivity index (χ3n) is 2.65. The van der Waals surface area contributed by atoms with Gasteiger partial charge in [-0.1, -0.05) is 50.3 Å². The third kappa shape index (κ3) is 6.75. The lowest BCUT2D eigenvalue weighted by Crippen LogP contribution is -2.14. The van der Waals surface area contributed by atoms with Crippen LogP contribution in [0, 0.1) is 5.92 Å². The van der Waals surface area contributed by atoms with Gasteiger partial charge in [-0.05, 0) is 18.4 Å². The molecule has 4 heteroatoms. The maximum absolute atomic E-state index is 12.1. The maximum atomic E-state index is 12.1. The molecule has 0 aliphatic carbocycles. The Kier molecular flexibility index (Phi) is 7.23. The first-order valence-electron chi connectivity index (χ1n) is 7.10. The minimum atomic E-state index is -0.472. The van der Waals surface area contributed by atoms with E-state index in [1.165, 1.54) is 0 Å². The molecule has 21 heavy (non-hydrogen) atoms. The predicted octanol–water partition coefficient (Wildman–Crippen LogP) is 3.27. The second kappa shape index (κ2) is 8.95. The molecule has 0 aromatic heterocycles. The number of benzene rings is 1. The molecule has 0 radical (unpaired) electrons. The first kappa shape index (κ1) is 17.0. The summed E-state index contributed by atoms with van der Waals surface area (Å²) >= 11 is 0. The molecule has 1 aromatic rings. The highest BCUT2D eigenvalue weighted by Crippen LogP contribution is 2.12. The van der Waals surface area contributed by atoms with E-state index in [1.807, 2.05) is 44.2 Å². The Bertz CT molecular complexity index is 489. The summed E-state index contributed by atoms with van der Waals surface area (Å²) in [4.78, 5) is 23.6. The Morgan fingerprint density at radius 1 is 1.14 bits per heavy atom. The van der Waals surface area contributed by atoms with Crippen LogP contribution in [0.15, 0.2) is 42.0 Å². The summed E-state index contributed by atoms with van der Waals surface area (Å²) in [6.45, 7) is 6.10. The fourth-order valence-corrected chi connectivity index (χ4v) is 1.78. The third-order valence-corrected chi connectivity index (χ3v) is 2.65. The molecule has 0 amide bonds. The van der Waals surface area contributed by atoms with E-state index in [2.05, 4.69) is 0 Å². The molecule has 0 saturated carbocycles. The van der Waals surface area contributed by atoms with Gasteiger partial charge in [0.25, 0.3) is 0 Å². The quantitative estimate of drug-likeness (QED) is 0.571. The molecule has 0 fully saturated rings. The first-order valence-corrected chi connectivity index (χ1v) is 7.10. The highest BCUT2D eigenvalue weighted by atomic mass is 16.5. The molecule has 4 nitrogen and oxygen atoms in total. The van der Waals surface area contributed by atoms with E-state index >= 15 is 0 Å². The predicted molar refractivity (Wildman–Crippen MR) is 80.4 cm³/mol. The van der Waals surface area contributed by atoms with Crippen LogP contribution < -0.4 is 0 Å². The van der Waals surface area contributed by atoms with E-state index in [4.69, 9.17) is 9.47 Å². The first-order chi connectivity index (χ1) is 10.0. The van der Waals surface area contributed by atoms with Crippen LogP contribution in [0.2, 0.25) is 0 Å².